The summed E-state index contributed by atoms with van der Waals surface area (Å²) in [6.07, 6.45) is 0. The zero-order chi connectivity index (χ0) is 10.6. The standard InChI is InChI=1S/C10H15.2HI.Rh/c1-6-7(2)9(4)10(5)8(6)3;;;/h1-5H3;2*1H;/q-1;;;+3/p-2. The van der Waals surface area contributed by atoms with Gasteiger partial charge in [0.25, 0.3) is 0 Å². The van der Waals surface area contributed by atoms with E-state index in [1.807, 2.05) is 0 Å². The molecule has 0 saturated heterocycles. The van der Waals surface area contributed by atoms with E-state index >= 15 is 0 Å². The van der Waals surface area contributed by atoms with Crippen molar-refractivity contribution in [1.82, 2.24) is 0 Å². The molecule has 13 heavy (non-hydrogen) atoms. The minimum atomic E-state index is 0.770. The molecular weight excluding hydrogens is 477 g/mol. The summed E-state index contributed by atoms with van der Waals surface area (Å²) < 4.78 is 0. The van der Waals surface area contributed by atoms with Crippen molar-refractivity contribution in [3.8, 4) is 0 Å². The summed E-state index contributed by atoms with van der Waals surface area (Å²) in [5.41, 5.74) is 7.34. The van der Waals surface area contributed by atoms with Crippen LogP contribution in [0.4, 0.5) is 0 Å². The van der Waals surface area contributed by atoms with Crippen molar-refractivity contribution in [2.75, 3.05) is 0 Å². The maximum absolute atomic E-state index is 2.35. The van der Waals surface area contributed by atoms with Crippen molar-refractivity contribution in [3.05, 3.63) is 27.8 Å². The monoisotopic (exact) mass is 492 g/mol. The van der Waals surface area contributed by atoms with Crippen molar-refractivity contribution in [1.29, 1.82) is 0 Å². The fourth-order valence-corrected chi connectivity index (χ4v) is 1.41. The Kier molecular flexibility index (Phi) is 7.59. The number of hydrogen-bond acceptors (Lipinski definition) is 0. The van der Waals surface area contributed by atoms with Gasteiger partial charge in [0.15, 0.2) is 0 Å². The van der Waals surface area contributed by atoms with E-state index in [2.05, 4.69) is 74.1 Å². The molecular formula is C10H15I2Rh. The molecule has 0 aliphatic heterocycles. The van der Waals surface area contributed by atoms with Crippen LogP contribution in [-0.4, -0.2) is 0 Å². The molecule has 0 aliphatic rings. The minimum absolute atomic E-state index is 0.770. The van der Waals surface area contributed by atoms with Gasteiger partial charge in [-0.3, -0.25) is 0 Å². The third kappa shape index (κ3) is 3.82. The van der Waals surface area contributed by atoms with Crippen LogP contribution in [0.3, 0.4) is 0 Å². The second-order valence-corrected chi connectivity index (χ2v) is 15.8. The molecule has 0 aliphatic carbocycles. The average Bonchev–Trinajstić information content (AvgIpc) is 2.25. The molecule has 1 aromatic carbocycles. The van der Waals surface area contributed by atoms with Crippen molar-refractivity contribution in [3.63, 3.8) is 0 Å². The second kappa shape index (κ2) is 6.83. The van der Waals surface area contributed by atoms with Crippen LogP contribution < -0.4 is 0 Å². The van der Waals surface area contributed by atoms with Gasteiger partial charge in [0, 0.05) is 0 Å². The van der Waals surface area contributed by atoms with E-state index in [0.717, 1.165) is 10.1 Å². The predicted octanol–water partition coefficient (Wildman–Crippen LogP) is 4.72. The predicted molar refractivity (Wildman–Crippen MR) is 73.8 cm³/mol. The Bertz CT molecular complexity index is 197. The van der Waals surface area contributed by atoms with Crippen LogP contribution in [-0.2, 0) is 10.1 Å². The fourth-order valence-electron chi connectivity index (χ4n) is 1.41. The van der Waals surface area contributed by atoms with E-state index in [0.29, 0.717) is 0 Å². The van der Waals surface area contributed by atoms with E-state index in [4.69, 9.17) is 0 Å². The van der Waals surface area contributed by atoms with Gasteiger partial charge in [-0.1, -0.05) is 34.6 Å². The van der Waals surface area contributed by atoms with Crippen molar-refractivity contribution in [2.24, 2.45) is 0 Å². The quantitative estimate of drug-likeness (QED) is 0.280. The molecule has 0 saturated carbocycles. The summed E-state index contributed by atoms with van der Waals surface area (Å²) in [5, 5.41) is 0. The van der Waals surface area contributed by atoms with E-state index in [9.17, 15) is 0 Å². The van der Waals surface area contributed by atoms with Gasteiger partial charge in [-0.25, -0.2) is 0 Å². The van der Waals surface area contributed by atoms with E-state index in [1.165, 1.54) is 27.8 Å². The summed E-state index contributed by atoms with van der Waals surface area (Å²) in [6.45, 7) is 11.0. The molecule has 0 radical (unpaired) electrons. The third-order valence-corrected chi connectivity index (χ3v) is 2.81. The van der Waals surface area contributed by atoms with Gasteiger partial charge in [0.2, 0.25) is 0 Å². The average molecular weight is 492 g/mol. The van der Waals surface area contributed by atoms with Gasteiger partial charge >= 0.3 is 49.6 Å². The Hall–Kier alpha value is 1.43. The summed E-state index contributed by atoms with van der Waals surface area (Å²) in [5.74, 6) is 0. The van der Waals surface area contributed by atoms with Crippen LogP contribution in [0.1, 0.15) is 27.8 Å². The molecule has 0 unspecified atom stereocenters. The molecule has 0 amide bonds. The van der Waals surface area contributed by atoms with Gasteiger partial charge in [-0.15, -0.1) is 0 Å². The van der Waals surface area contributed by atoms with Gasteiger partial charge in [0.1, 0.15) is 0 Å². The SMILES string of the molecule is Cc1c(C)c(C)[c-](C)c1C.[I][Rh+][I]. The molecule has 0 fully saturated rings. The van der Waals surface area contributed by atoms with E-state index < -0.39 is 0 Å². The topological polar surface area (TPSA) is 0 Å². The molecule has 78 valence electrons. The molecule has 1 aromatic rings. The zero-order valence-electron chi connectivity index (χ0n) is 8.59. The third-order valence-electron chi connectivity index (χ3n) is 2.81. The Labute approximate surface area is 111 Å². The molecule has 0 nitrogen and oxygen atoms in total. The van der Waals surface area contributed by atoms with Crippen LogP contribution in [0.5, 0.6) is 0 Å². The molecule has 0 atom stereocenters. The van der Waals surface area contributed by atoms with Crippen LogP contribution in [0.2, 0.25) is 0 Å². The zero-order valence-corrected chi connectivity index (χ0v) is 14.5. The molecule has 0 bridgehead atoms. The van der Waals surface area contributed by atoms with Crippen LogP contribution in [0.25, 0.3) is 0 Å². The first-order valence-electron chi connectivity index (χ1n) is 4.00. The molecule has 0 heterocycles. The Morgan fingerprint density at radius 2 is 1.15 bits per heavy atom. The van der Waals surface area contributed by atoms with Crippen molar-refractivity contribution in [2.45, 2.75) is 34.6 Å². The maximum atomic E-state index is 2.35. The van der Waals surface area contributed by atoms with Crippen molar-refractivity contribution >= 4 is 39.5 Å². The molecule has 3 heteroatoms. The second-order valence-electron chi connectivity index (χ2n) is 3.17. The summed E-state index contributed by atoms with van der Waals surface area (Å²) in [6, 6.07) is 0. The van der Waals surface area contributed by atoms with Crippen molar-refractivity contribution < 1.29 is 10.1 Å². The molecule has 0 N–H and O–H groups in total. The fraction of sp³-hybridized carbons (Fsp3) is 0.500. The molecule has 0 spiro atoms. The normalized spacial score (nSPS) is 9.77. The first-order valence-corrected chi connectivity index (χ1v) is 13.8. The summed E-state index contributed by atoms with van der Waals surface area (Å²) in [4.78, 5) is 0. The number of hydrogen-bond donors (Lipinski definition) is 0. The van der Waals surface area contributed by atoms with E-state index in [1.54, 1.807) is 0 Å². The number of rotatable bonds is 0. The van der Waals surface area contributed by atoms with Gasteiger partial charge in [0.05, 0.1) is 0 Å². The summed E-state index contributed by atoms with van der Waals surface area (Å²) in [7, 11) is 0.770. The van der Waals surface area contributed by atoms with Crippen LogP contribution in [0.15, 0.2) is 0 Å². The first kappa shape index (κ1) is 14.4. The van der Waals surface area contributed by atoms with E-state index in [-0.39, 0.29) is 0 Å². The Balaban J connectivity index is 0.000000424. The van der Waals surface area contributed by atoms with Gasteiger partial charge in [-0.05, 0) is 0 Å². The Morgan fingerprint density at radius 1 is 0.923 bits per heavy atom. The first-order chi connectivity index (χ1) is 5.97. The van der Waals surface area contributed by atoms with Crippen LogP contribution >= 0.6 is 39.5 Å². The number of halogens is 2. The Morgan fingerprint density at radius 3 is 1.23 bits per heavy atom. The molecule has 1 rings (SSSR count). The molecule has 0 aromatic heterocycles. The van der Waals surface area contributed by atoms with Gasteiger partial charge in [-0.2, -0.15) is 27.8 Å². The summed E-state index contributed by atoms with van der Waals surface area (Å²) >= 11 is 4.69. The van der Waals surface area contributed by atoms with Crippen LogP contribution in [0, 0.1) is 34.6 Å². The van der Waals surface area contributed by atoms with Gasteiger partial charge < -0.3 is 0 Å².